The molecule has 0 unspecified atom stereocenters. The largest absolute Gasteiger partial charge is 0.380 e. The molecule has 5 N–H and O–H groups in total. The molecule has 0 radical (unpaired) electrons. The van der Waals surface area contributed by atoms with E-state index >= 15 is 0 Å². The number of hydrogen-bond acceptors (Lipinski definition) is 8. The van der Waals surface area contributed by atoms with E-state index in [9.17, 15) is 9.59 Å². The van der Waals surface area contributed by atoms with E-state index in [-0.39, 0.29) is 23.8 Å². The Balaban J connectivity index is 1.23. The van der Waals surface area contributed by atoms with E-state index in [1.54, 1.807) is 36.7 Å². The number of anilines is 3. The average Bonchev–Trinajstić information content (AvgIpc) is 3.65. The van der Waals surface area contributed by atoms with Gasteiger partial charge in [-0.1, -0.05) is 24.3 Å². The number of fused-ring (bicyclic) bond motifs is 1. The van der Waals surface area contributed by atoms with Crippen LogP contribution in [0.1, 0.15) is 28.1 Å². The van der Waals surface area contributed by atoms with Crippen LogP contribution in [0.5, 0.6) is 0 Å². The first-order chi connectivity index (χ1) is 19.1. The molecule has 11 heteroatoms. The fourth-order valence-corrected chi connectivity index (χ4v) is 5.14. The topological polar surface area (TPSA) is 143 Å². The van der Waals surface area contributed by atoms with Gasteiger partial charge in [0.2, 0.25) is 18.1 Å². The van der Waals surface area contributed by atoms with Gasteiger partial charge in [0, 0.05) is 29.5 Å². The number of nitrogens with zero attached hydrogens (tertiary/aromatic N) is 3. The Hall–Kier alpha value is -4.79. The van der Waals surface area contributed by atoms with E-state index in [2.05, 4.69) is 36.6 Å². The van der Waals surface area contributed by atoms with Crippen LogP contribution in [0.4, 0.5) is 17.1 Å². The molecule has 1 saturated heterocycles. The first-order valence-corrected chi connectivity index (χ1v) is 13.3. The van der Waals surface area contributed by atoms with Crippen LogP contribution in [-0.4, -0.2) is 35.3 Å². The molecule has 0 saturated carbocycles. The number of para-hydroxylation sites is 1. The van der Waals surface area contributed by atoms with Gasteiger partial charge >= 0.3 is 0 Å². The van der Waals surface area contributed by atoms with Crippen molar-refractivity contribution in [2.75, 3.05) is 22.5 Å². The molecule has 2 amide bonds. The van der Waals surface area contributed by atoms with Gasteiger partial charge in [-0.05, 0) is 66.7 Å². The molecule has 0 aliphatic carbocycles. The van der Waals surface area contributed by atoms with Crippen molar-refractivity contribution in [3.05, 3.63) is 82.7 Å². The lowest BCUT2D eigenvalue weighted by molar-refractivity contribution is -0.121. The van der Waals surface area contributed by atoms with Crippen LogP contribution < -0.4 is 26.6 Å². The molecule has 2 aromatic heterocycles. The first kappa shape index (κ1) is 25.8. The van der Waals surface area contributed by atoms with Crippen molar-refractivity contribution in [3.8, 4) is 6.19 Å². The molecule has 1 fully saturated rings. The predicted molar refractivity (Wildman–Crippen MR) is 154 cm³/mol. The highest BCUT2D eigenvalue weighted by molar-refractivity contribution is 7.12. The van der Waals surface area contributed by atoms with Gasteiger partial charge in [-0.25, -0.2) is 0 Å². The third-order valence-corrected chi connectivity index (χ3v) is 7.16. The highest BCUT2D eigenvalue weighted by Gasteiger charge is 2.23. The summed E-state index contributed by atoms with van der Waals surface area (Å²) in [5.41, 5.74) is 3.84. The van der Waals surface area contributed by atoms with Crippen molar-refractivity contribution >= 4 is 57.1 Å². The van der Waals surface area contributed by atoms with Crippen LogP contribution in [-0.2, 0) is 11.3 Å². The number of carbonyl (C=O) groups excluding carboxylic acids is 2. The summed E-state index contributed by atoms with van der Waals surface area (Å²) in [5.74, 6) is -0.486. The summed E-state index contributed by atoms with van der Waals surface area (Å²) in [6, 6.07) is 18.5. The van der Waals surface area contributed by atoms with Crippen LogP contribution >= 0.6 is 11.3 Å². The van der Waals surface area contributed by atoms with Gasteiger partial charge in [-0.2, -0.15) is 5.26 Å². The number of carbonyl (C=O) groups is 2. The number of guanidine groups is 1. The molecule has 1 atom stereocenters. The van der Waals surface area contributed by atoms with Gasteiger partial charge in [0.15, 0.2) is 0 Å². The summed E-state index contributed by atoms with van der Waals surface area (Å²) in [7, 11) is 0. The molecule has 1 aliphatic rings. The third-order valence-electron chi connectivity index (χ3n) is 6.24. The van der Waals surface area contributed by atoms with E-state index in [0.29, 0.717) is 22.8 Å². The number of aromatic nitrogens is 1. The van der Waals surface area contributed by atoms with Crippen molar-refractivity contribution in [1.29, 1.82) is 5.26 Å². The zero-order valence-electron chi connectivity index (χ0n) is 20.9. The Morgan fingerprint density at radius 2 is 1.95 bits per heavy atom. The quantitative estimate of drug-likeness (QED) is 0.134. The summed E-state index contributed by atoms with van der Waals surface area (Å²) in [6.07, 6.45) is 5.13. The second-order valence-electron chi connectivity index (χ2n) is 8.86. The van der Waals surface area contributed by atoms with Gasteiger partial charge in [0.05, 0.1) is 17.2 Å². The van der Waals surface area contributed by atoms with E-state index < -0.39 is 0 Å². The SMILES string of the molecule is N#CN=C(NC(=O)[C@H]1CCCN1)Nc1cccc(NC(=O)c2sccc2NCc2ccnc3ccccc23)c1. The number of benzene rings is 2. The first-order valence-electron chi connectivity index (χ1n) is 12.4. The number of pyridine rings is 1. The minimum atomic E-state index is -0.313. The molecule has 10 nitrogen and oxygen atoms in total. The van der Waals surface area contributed by atoms with Crippen molar-refractivity contribution in [3.63, 3.8) is 0 Å². The molecular formula is C28H26N8O2S. The van der Waals surface area contributed by atoms with Gasteiger partial charge in [0.1, 0.15) is 4.88 Å². The third kappa shape index (κ3) is 6.38. The van der Waals surface area contributed by atoms with E-state index in [1.165, 1.54) is 11.3 Å². The normalized spacial score (nSPS) is 14.9. The molecule has 5 rings (SSSR count). The Morgan fingerprint density at radius 1 is 1.10 bits per heavy atom. The fourth-order valence-electron chi connectivity index (χ4n) is 4.37. The van der Waals surface area contributed by atoms with Gasteiger partial charge in [0.25, 0.3) is 5.91 Å². The number of rotatable bonds is 7. The second-order valence-corrected chi connectivity index (χ2v) is 9.78. The van der Waals surface area contributed by atoms with Crippen LogP contribution in [0, 0.1) is 11.5 Å². The maximum Gasteiger partial charge on any atom is 0.267 e. The molecule has 1 aliphatic heterocycles. The monoisotopic (exact) mass is 538 g/mol. The maximum atomic E-state index is 13.1. The molecule has 39 heavy (non-hydrogen) atoms. The fraction of sp³-hybridized carbons (Fsp3) is 0.179. The van der Waals surface area contributed by atoms with E-state index in [0.717, 1.165) is 41.5 Å². The summed E-state index contributed by atoms with van der Waals surface area (Å²) in [5, 5.41) is 27.0. The van der Waals surface area contributed by atoms with Crippen LogP contribution in [0.15, 0.2) is 77.2 Å². The average molecular weight is 539 g/mol. The number of thiophene rings is 1. The molecule has 4 aromatic rings. The summed E-state index contributed by atoms with van der Waals surface area (Å²) in [6.45, 7) is 1.32. The number of nitrogens with one attached hydrogen (secondary N) is 5. The van der Waals surface area contributed by atoms with Gasteiger partial charge < -0.3 is 21.3 Å². The van der Waals surface area contributed by atoms with Gasteiger partial charge in [-0.3, -0.25) is 19.9 Å². The predicted octanol–water partition coefficient (Wildman–Crippen LogP) is 4.28. The Bertz CT molecular complexity index is 1560. The van der Waals surface area contributed by atoms with E-state index in [4.69, 9.17) is 5.26 Å². The molecule has 196 valence electrons. The lowest BCUT2D eigenvalue weighted by Gasteiger charge is -2.14. The standard InChI is InChI=1S/C28H26N8O2S/c29-17-33-28(36-26(37)24-9-4-12-30-24)35-20-6-3-5-19(15-20)34-27(38)25-23(11-14-39-25)32-16-18-10-13-31-22-8-2-1-7-21(18)22/h1-3,5-8,10-11,13-15,24,30,32H,4,9,12,16H2,(H,34,38)(H2,33,35,36,37)/t24-/m1/s1. The van der Waals surface area contributed by atoms with Crippen LogP contribution in [0.2, 0.25) is 0 Å². The molecular weight excluding hydrogens is 512 g/mol. The Labute approximate surface area is 229 Å². The summed E-state index contributed by atoms with van der Waals surface area (Å²) in [4.78, 5) is 34.2. The Morgan fingerprint density at radius 3 is 2.77 bits per heavy atom. The summed E-state index contributed by atoms with van der Waals surface area (Å²) >= 11 is 1.34. The highest BCUT2D eigenvalue weighted by atomic mass is 32.1. The van der Waals surface area contributed by atoms with Gasteiger partial charge in [-0.15, -0.1) is 16.3 Å². The van der Waals surface area contributed by atoms with Crippen LogP contribution in [0.3, 0.4) is 0 Å². The van der Waals surface area contributed by atoms with Crippen molar-refractivity contribution in [2.24, 2.45) is 4.99 Å². The lowest BCUT2D eigenvalue weighted by atomic mass is 10.1. The summed E-state index contributed by atoms with van der Waals surface area (Å²) < 4.78 is 0. The Kier molecular flexibility index (Phi) is 8.06. The number of amides is 2. The highest BCUT2D eigenvalue weighted by Crippen LogP contribution is 2.26. The number of hydrogen-bond donors (Lipinski definition) is 5. The van der Waals surface area contributed by atoms with Crippen molar-refractivity contribution in [2.45, 2.75) is 25.4 Å². The molecule has 2 aromatic carbocycles. The van der Waals surface area contributed by atoms with E-state index in [1.807, 2.05) is 41.8 Å². The number of aliphatic imine (C=N–C) groups is 1. The number of nitriles is 1. The zero-order valence-corrected chi connectivity index (χ0v) is 21.7. The van der Waals surface area contributed by atoms with Crippen LogP contribution in [0.25, 0.3) is 10.9 Å². The molecule has 0 spiro atoms. The lowest BCUT2D eigenvalue weighted by Crippen LogP contribution is -2.45. The smallest absolute Gasteiger partial charge is 0.267 e. The molecule has 3 heterocycles. The van der Waals surface area contributed by atoms with Crippen molar-refractivity contribution < 1.29 is 9.59 Å². The second kappa shape index (κ2) is 12.2. The maximum absolute atomic E-state index is 13.1. The molecule has 0 bridgehead atoms. The minimum Gasteiger partial charge on any atom is -0.380 e. The zero-order chi connectivity index (χ0) is 27.0. The van der Waals surface area contributed by atoms with Crippen molar-refractivity contribution in [1.82, 2.24) is 15.6 Å². The minimum absolute atomic E-state index is 0.0213.